The van der Waals surface area contributed by atoms with Crippen LogP contribution < -0.4 is 4.90 Å². The summed E-state index contributed by atoms with van der Waals surface area (Å²) in [7, 11) is 0. The maximum absolute atomic E-state index is 14.5. The molecule has 0 atom stereocenters. The molecule has 1 amide bonds. The molecule has 1 fully saturated rings. The monoisotopic (exact) mass is 404 g/mol. The molecule has 1 aliphatic heterocycles. The van der Waals surface area contributed by atoms with Crippen LogP contribution in [-0.4, -0.2) is 56.8 Å². The molecule has 1 saturated heterocycles. The van der Waals surface area contributed by atoms with E-state index in [9.17, 15) is 9.18 Å². The zero-order valence-electron chi connectivity index (χ0n) is 16.6. The SMILES string of the molecule is CCCN1CCN(c2nc3c(-c4ccccc4F)nnn3c3ccccc23)CC1=O. The maximum atomic E-state index is 14.5. The lowest BCUT2D eigenvalue weighted by Crippen LogP contribution is -2.50. The van der Waals surface area contributed by atoms with Crippen LogP contribution in [0.5, 0.6) is 0 Å². The van der Waals surface area contributed by atoms with Crippen LogP contribution in [0.15, 0.2) is 48.5 Å². The number of benzene rings is 2. The number of anilines is 1. The fourth-order valence-electron chi connectivity index (χ4n) is 4.01. The first kappa shape index (κ1) is 18.5. The number of hydrogen-bond acceptors (Lipinski definition) is 5. The van der Waals surface area contributed by atoms with Gasteiger partial charge in [-0.15, -0.1) is 5.10 Å². The number of amides is 1. The molecular weight excluding hydrogens is 383 g/mol. The molecular formula is C22H21FN6O. The third-order valence-corrected chi connectivity index (χ3v) is 5.47. The number of hydrogen-bond donors (Lipinski definition) is 0. The Kier molecular flexibility index (Phi) is 4.54. The molecule has 0 bridgehead atoms. The topological polar surface area (TPSA) is 66.6 Å². The van der Waals surface area contributed by atoms with Gasteiger partial charge < -0.3 is 9.80 Å². The molecule has 7 nitrogen and oxygen atoms in total. The number of fused-ring (bicyclic) bond motifs is 3. The highest BCUT2D eigenvalue weighted by Crippen LogP contribution is 2.31. The predicted octanol–water partition coefficient (Wildman–Crippen LogP) is 3.14. The molecule has 2 aromatic carbocycles. The minimum atomic E-state index is -0.375. The highest BCUT2D eigenvalue weighted by Gasteiger charge is 2.27. The number of para-hydroxylation sites is 1. The Morgan fingerprint density at radius 1 is 1.07 bits per heavy atom. The Morgan fingerprint density at radius 3 is 2.67 bits per heavy atom. The van der Waals surface area contributed by atoms with Gasteiger partial charge in [-0.1, -0.05) is 36.4 Å². The highest BCUT2D eigenvalue weighted by molar-refractivity contribution is 5.95. The zero-order chi connectivity index (χ0) is 20.7. The van der Waals surface area contributed by atoms with Gasteiger partial charge >= 0.3 is 0 Å². The Labute approximate surface area is 172 Å². The van der Waals surface area contributed by atoms with Gasteiger partial charge in [0.2, 0.25) is 5.91 Å². The first-order chi connectivity index (χ1) is 14.7. The Balaban J connectivity index is 1.67. The van der Waals surface area contributed by atoms with E-state index in [2.05, 4.69) is 17.2 Å². The number of piperazine rings is 1. The van der Waals surface area contributed by atoms with Crippen LogP contribution in [0.1, 0.15) is 13.3 Å². The normalized spacial score (nSPS) is 14.8. The van der Waals surface area contributed by atoms with Crippen molar-refractivity contribution in [3.05, 3.63) is 54.3 Å². The number of rotatable bonds is 4. The summed E-state index contributed by atoms with van der Waals surface area (Å²) < 4.78 is 16.1. The summed E-state index contributed by atoms with van der Waals surface area (Å²) >= 11 is 0. The third-order valence-electron chi connectivity index (χ3n) is 5.47. The summed E-state index contributed by atoms with van der Waals surface area (Å²) in [6.45, 7) is 4.45. The van der Waals surface area contributed by atoms with Gasteiger partial charge in [0.1, 0.15) is 17.3 Å². The summed E-state index contributed by atoms with van der Waals surface area (Å²) in [5.41, 5.74) is 2.02. The zero-order valence-corrected chi connectivity index (χ0v) is 16.6. The van der Waals surface area contributed by atoms with Gasteiger partial charge in [-0.2, -0.15) is 4.52 Å². The largest absolute Gasteiger partial charge is 0.345 e. The number of halogens is 1. The number of aromatic nitrogens is 4. The van der Waals surface area contributed by atoms with Crippen LogP contribution >= 0.6 is 0 Å². The molecule has 0 saturated carbocycles. The summed E-state index contributed by atoms with van der Waals surface area (Å²) in [6.07, 6.45) is 0.937. The summed E-state index contributed by atoms with van der Waals surface area (Å²) in [5.74, 6) is 0.414. The van der Waals surface area contributed by atoms with Crippen molar-refractivity contribution in [3.8, 4) is 11.3 Å². The maximum Gasteiger partial charge on any atom is 0.242 e. The molecule has 0 spiro atoms. The number of nitrogens with zero attached hydrogens (tertiary/aromatic N) is 6. The molecule has 2 aromatic heterocycles. The molecule has 8 heteroatoms. The van der Waals surface area contributed by atoms with Gasteiger partial charge in [-0.05, 0) is 30.7 Å². The number of carbonyl (C=O) groups excluding carboxylic acids is 1. The Bertz CT molecular complexity index is 1250. The third kappa shape index (κ3) is 2.96. The summed E-state index contributed by atoms with van der Waals surface area (Å²) in [6, 6.07) is 14.2. The van der Waals surface area contributed by atoms with E-state index in [1.165, 1.54) is 6.07 Å². The van der Waals surface area contributed by atoms with Crippen LogP contribution in [0.3, 0.4) is 0 Å². The smallest absolute Gasteiger partial charge is 0.242 e. The second kappa shape index (κ2) is 7.37. The molecule has 4 aromatic rings. The molecule has 30 heavy (non-hydrogen) atoms. The minimum Gasteiger partial charge on any atom is -0.345 e. The van der Waals surface area contributed by atoms with Crippen molar-refractivity contribution < 1.29 is 9.18 Å². The second-order valence-electron chi connectivity index (χ2n) is 7.41. The van der Waals surface area contributed by atoms with Crippen molar-refractivity contribution in [1.29, 1.82) is 0 Å². The highest BCUT2D eigenvalue weighted by atomic mass is 19.1. The fraction of sp³-hybridized carbons (Fsp3) is 0.273. The van der Waals surface area contributed by atoms with Crippen molar-refractivity contribution in [1.82, 2.24) is 24.7 Å². The molecule has 0 radical (unpaired) electrons. The van der Waals surface area contributed by atoms with E-state index < -0.39 is 0 Å². The van der Waals surface area contributed by atoms with Crippen LogP contribution in [0.25, 0.3) is 27.8 Å². The van der Waals surface area contributed by atoms with E-state index in [0.29, 0.717) is 35.8 Å². The van der Waals surface area contributed by atoms with Crippen molar-refractivity contribution in [3.63, 3.8) is 0 Å². The molecule has 1 aliphatic rings. The fourth-order valence-corrected chi connectivity index (χ4v) is 4.01. The van der Waals surface area contributed by atoms with Crippen LogP contribution in [-0.2, 0) is 4.79 Å². The Morgan fingerprint density at radius 2 is 1.87 bits per heavy atom. The van der Waals surface area contributed by atoms with Gasteiger partial charge in [0, 0.05) is 30.6 Å². The molecule has 152 valence electrons. The van der Waals surface area contributed by atoms with Gasteiger partial charge in [-0.3, -0.25) is 4.79 Å². The van der Waals surface area contributed by atoms with Crippen molar-refractivity contribution >= 4 is 28.3 Å². The molecule has 3 heterocycles. The Hall–Kier alpha value is -3.55. The molecule has 0 aliphatic carbocycles. The number of carbonyl (C=O) groups is 1. The van der Waals surface area contributed by atoms with Gasteiger partial charge in [0.05, 0.1) is 12.1 Å². The van der Waals surface area contributed by atoms with Gasteiger partial charge in [-0.25, -0.2) is 9.37 Å². The van der Waals surface area contributed by atoms with E-state index in [1.54, 1.807) is 22.7 Å². The lowest BCUT2D eigenvalue weighted by molar-refractivity contribution is -0.131. The van der Waals surface area contributed by atoms with Crippen molar-refractivity contribution in [2.45, 2.75) is 13.3 Å². The summed E-state index contributed by atoms with van der Waals surface area (Å²) in [5, 5.41) is 9.36. The molecule has 5 rings (SSSR count). The minimum absolute atomic E-state index is 0.0924. The first-order valence-electron chi connectivity index (χ1n) is 10.1. The predicted molar refractivity (Wildman–Crippen MR) is 113 cm³/mol. The van der Waals surface area contributed by atoms with E-state index in [4.69, 9.17) is 4.98 Å². The van der Waals surface area contributed by atoms with Crippen LogP contribution in [0, 0.1) is 5.82 Å². The van der Waals surface area contributed by atoms with E-state index in [-0.39, 0.29) is 18.3 Å². The van der Waals surface area contributed by atoms with Crippen molar-refractivity contribution in [2.75, 3.05) is 31.1 Å². The molecule has 0 N–H and O–H groups in total. The van der Waals surface area contributed by atoms with E-state index >= 15 is 0 Å². The average Bonchev–Trinajstić information content (AvgIpc) is 3.19. The van der Waals surface area contributed by atoms with Crippen molar-refractivity contribution in [2.24, 2.45) is 0 Å². The van der Waals surface area contributed by atoms with E-state index in [0.717, 1.165) is 23.9 Å². The molecule has 0 unspecified atom stereocenters. The van der Waals surface area contributed by atoms with Crippen LogP contribution in [0.4, 0.5) is 10.2 Å². The quantitative estimate of drug-likeness (QED) is 0.523. The van der Waals surface area contributed by atoms with Crippen LogP contribution in [0.2, 0.25) is 0 Å². The van der Waals surface area contributed by atoms with Gasteiger partial charge in [0.15, 0.2) is 5.65 Å². The van der Waals surface area contributed by atoms with E-state index in [1.807, 2.05) is 34.1 Å². The first-order valence-corrected chi connectivity index (χ1v) is 10.1. The van der Waals surface area contributed by atoms with Gasteiger partial charge in [0.25, 0.3) is 0 Å². The second-order valence-corrected chi connectivity index (χ2v) is 7.41. The lowest BCUT2D eigenvalue weighted by Gasteiger charge is -2.35. The lowest BCUT2D eigenvalue weighted by atomic mass is 10.1. The standard InChI is InChI=1S/C22H21FN6O/c1-2-11-27-12-13-28(14-19(27)30)21-16-8-4-6-10-18(16)29-22(24-21)20(25-26-29)15-7-3-5-9-17(15)23/h3-10H,2,11-14H2,1H3. The average molecular weight is 404 g/mol. The summed E-state index contributed by atoms with van der Waals surface area (Å²) in [4.78, 5) is 21.4.